The minimum atomic E-state index is -0.827. The predicted molar refractivity (Wildman–Crippen MR) is 100 cm³/mol. The van der Waals surface area contributed by atoms with Crippen molar-refractivity contribution in [1.82, 2.24) is 9.97 Å². The van der Waals surface area contributed by atoms with E-state index in [0.717, 1.165) is 0 Å². The van der Waals surface area contributed by atoms with E-state index in [0.29, 0.717) is 22.8 Å². The second-order valence-electron chi connectivity index (χ2n) is 6.02. The van der Waals surface area contributed by atoms with Gasteiger partial charge in [-0.1, -0.05) is 18.2 Å². The van der Waals surface area contributed by atoms with Crippen molar-refractivity contribution in [1.29, 1.82) is 0 Å². The number of nitrogens with zero attached hydrogens (tertiary/aromatic N) is 1. The number of carbonyl (C=O) groups excluding carboxylic acids is 1. The van der Waals surface area contributed by atoms with Gasteiger partial charge in [-0.05, 0) is 38.1 Å². The Kier molecular flexibility index (Phi) is 5.30. The molecule has 0 aliphatic carbocycles. The molecule has 7 heteroatoms. The number of aromatic amines is 1. The van der Waals surface area contributed by atoms with Gasteiger partial charge in [0, 0.05) is 29.1 Å². The van der Waals surface area contributed by atoms with Crippen molar-refractivity contribution in [2.75, 3.05) is 5.32 Å². The SMILES string of the molecule is Cc1cc(=O)[nH]c(-c2cccc(NC(=O)C(C)Oc3cccc(F)c3)c2)n1. The summed E-state index contributed by atoms with van der Waals surface area (Å²) in [5.41, 5.74) is 1.54. The van der Waals surface area contributed by atoms with Crippen molar-refractivity contribution in [3.63, 3.8) is 0 Å². The van der Waals surface area contributed by atoms with Gasteiger partial charge in [0.2, 0.25) is 0 Å². The van der Waals surface area contributed by atoms with E-state index in [1.807, 2.05) is 0 Å². The highest BCUT2D eigenvalue weighted by molar-refractivity contribution is 5.94. The number of rotatable bonds is 5. The van der Waals surface area contributed by atoms with Gasteiger partial charge in [0.15, 0.2) is 6.10 Å². The van der Waals surface area contributed by atoms with Gasteiger partial charge in [0.1, 0.15) is 17.4 Å². The third kappa shape index (κ3) is 4.78. The standard InChI is InChI=1S/C20H18FN3O3/c1-12-9-18(25)24-19(22-12)14-5-3-7-16(10-14)23-20(26)13(2)27-17-8-4-6-15(21)11-17/h3-11,13H,1-2H3,(H,23,26)(H,22,24,25). The predicted octanol–water partition coefficient (Wildman–Crippen LogP) is 3.29. The average molecular weight is 367 g/mol. The summed E-state index contributed by atoms with van der Waals surface area (Å²) in [4.78, 5) is 30.9. The van der Waals surface area contributed by atoms with E-state index >= 15 is 0 Å². The molecule has 0 fully saturated rings. The van der Waals surface area contributed by atoms with Gasteiger partial charge >= 0.3 is 0 Å². The number of hydrogen-bond acceptors (Lipinski definition) is 4. The maximum atomic E-state index is 13.2. The maximum Gasteiger partial charge on any atom is 0.265 e. The highest BCUT2D eigenvalue weighted by atomic mass is 19.1. The van der Waals surface area contributed by atoms with Crippen molar-refractivity contribution in [2.24, 2.45) is 0 Å². The van der Waals surface area contributed by atoms with Crippen molar-refractivity contribution in [3.8, 4) is 17.1 Å². The molecule has 27 heavy (non-hydrogen) atoms. The third-order valence-electron chi connectivity index (χ3n) is 3.75. The highest BCUT2D eigenvalue weighted by Crippen LogP contribution is 2.20. The van der Waals surface area contributed by atoms with E-state index in [1.165, 1.54) is 24.3 Å². The largest absolute Gasteiger partial charge is 0.481 e. The molecule has 6 nitrogen and oxygen atoms in total. The Balaban J connectivity index is 1.73. The van der Waals surface area contributed by atoms with Gasteiger partial charge in [-0.2, -0.15) is 0 Å². The fourth-order valence-corrected chi connectivity index (χ4v) is 2.50. The number of H-pyrrole nitrogens is 1. The monoisotopic (exact) mass is 367 g/mol. The Labute approximate surface area is 155 Å². The number of carbonyl (C=O) groups is 1. The Hall–Kier alpha value is -3.48. The lowest BCUT2D eigenvalue weighted by molar-refractivity contribution is -0.122. The summed E-state index contributed by atoms with van der Waals surface area (Å²) in [6, 6.07) is 13.9. The molecule has 2 aromatic carbocycles. The molecule has 0 spiro atoms. The molecule has 0 bridgehead atoms. The van der Waals surface area contributed by atoms with Crippen LogP contribution in [0.25, 0.3) is 11.4 Å². The summed E-state index contributed by atoms with van der Waals surface area (Å²) in [6.07, 6.45) is -0.827. The molecule has 2 N–H and O–H groups in total. The van der Waals surface area contributed by atoms with Crippen molar-refractivity contribution in [2.45, 2.75) is 20.0 Å². The minimum Gasteiger partial charge on any atom is -0.481 e. The Morgan fingerprint density at radius 1 is 1.19 bits per heavy atom. The molecular weight excluding hydrogens is 349 g/mol. The zero-order valence-electron chi connectivity index (χ0n) is 14.8. The zero-order chi connectivity index (χ0) is 19.4. The van der Waals surface area contributed by atoms with Crippen LogP contribution < -0.4 is 15.6 Å². The number of aromatic nitrogens is 2. The summed E-state index contributed by atoms with van der Waals surface area (Å²) in [7, 11) is 0. The number of halogens is 1. The van der Waals surface area contributed by atoms with Gasteiger partial charge in [-0.15, -0.1) is 0 Å². The van der Waals surface area contributed by atoms with E-state index < -0.39 is 11.9 Å². The van der Waals surface area contributed by atoms with Crippen LogP contribution in [0.1, 0.15) is 12.6 Å². The van der Waals surface area contributed by atoms with E-state index in [-0.39, 0.29) is 17.2 Å². The lowest BCUT2D eigenvalue weighted by Crippen LogP contribution is -2.30. The second kappa shape index (κ2) is 7.82. The molecule has 0 radical (unpaired) electrons. The molecule has 0 aliphatic heterocycles. The lowest BCUT2D eigenvalue weighted by Gasteiger charge is -2.15. The first-order valence-corrected chi connectivity index (χ1v) is 8.32. The van der Waals surface area contributed by atoms with Crippen LogP contribution in [0.15, 0.2) is 59.4 Å². The van der Waals surface area contributed by atoms with Gasteiger partial charge < -0.3 is 15.0 Å². The minimum absolute atomic E-state index is 0.246. The third-order valence-corrected chi connectivity index (χ3v) is 3.75. The molecule has 138 valence electrons. The topological polar surface area (TPSA) is 84.1 Å². The van der Waals surface area contributed by atoms with Gasteiger partial charge in [0.25, 0.3) is 11.5 Å². The molecule has 1 amide bonds. The smallest absolute Gasteiger partial charge is 0.265 e. The zero-order valence-corrected chi connectivity index (χ0v) is 14.8. The molecule has 3 rings (SSSR count). The van der Waals surface area contributed by atoms with Gasteiger partial charge in [0.05, 0.1) is 0 Å². The number of aryl methyl sites for hydroxylation is 1. The summed E-state index contributed by atoms with van der Waals surface area (Å²) in [5.74, 6) is -0.136. The number of benzene rings is 2. The highest BCUT2D eigenvalue weighted by Gasteiger charge is 2.15. The van der Waals surface area contributed by atoms with Crippen LogP contribution >= 0.6 is 0 Å². The number of amides is 1. The molecule has 1 unspecified atom stereocenters. The first-order chi connectivity index (χ1) is 12.9. The number of hydrogen-bond donors (Lipinski definition) is 2. The van der Waals surface area contributed by atoms with Crippen molar-refractivity contribution >= 4 is 11.6 Å². The number of ether oxygens (including phenoxy) is 1. The quantitative estimate of drug-likeness (QED) is 0.725. The van der Waals surface area contributed by atoms with E-state index in [2.05, 4.69) is 15.3 Å². The van der Waals surface area contributed by atoms with Crippen LogP contribution in [0, 0.1) is 12.7 Å². The fourth-order valence-electron chi connectivity index (χ4n) is 2.50. The molecule has 1 heterocycles. The molecule has 0 saturated heterocycles. The van der Waals surface area contributed by atoms with Crippen LogP contribution in [-0.2, 0) is 4.79 Å². The van der Waals surface area contributed by atoms with E-state index in [9.17, 15) is 14.0 Å². The normalized spacial score (nSPS) is 11.7. The van der Waals surface area contributed by atoms with Crippen LogP contribution in [-0.4, -0.2) is 22.0 Å². The number of anilines is 1. The number of nitrogens with one attached hydrogen (secondary N) is 2. The fraction of sp³-hybridized carbons (Fsp3) is 0.150. The van der Waals surface area contributed by atoms with Gasteiger partial charge in [-0.25, -0.2) is 9.37 Å². The van der Waals surface area contributed by atoms with E-state index in [1.54, 1.807) is 44.2 Å². The molecule has 0 saturated carbocycles. The second-order valence-corrected chi connectivity index (χ2v) is 6.02. The summed E-state index contributed by atoms with van der Waals surface area (Å²) in [6.45, 7) is 3.31. The van der Waals surface area contributed by atoms with Crippen LogP contribution in [0.4, 0.5) is 10.1 Å². The first kappa shape index (κ1) is 18.3. The van der Waals surface area contributed by atoms with Crippen LogP contribution in [0.3, 0.4) is 0 Å². The van der Waals surface area contributed by atoms with Crippen molar-refractivity contribution < 1.29 is 13.9 Å². The molecular formula is C20H18FN3O3. The maximum absolute atomic E-state index is 13.2. The van der Waals surface area contributed by atoms with Crippen LogP contribution in [0.2, 0.25) is 0 Å². The Morgan fingerprint density at radius 3 is 2.70 bits per heavy atom. The average Bonchev–Trinajstić information content (AvgIpc) is 2.61. The van der Waals surface area contributed by atoms with Crippen LogP contribution in [0.5, 0.6) is 5.75 Å². The first-order valence-electron chi connectivity index (χ1n) is 8.32. The van der Waals surface area contributed by atoms with Gasteiger partial charge in [-0.3, -0.25) is 9.59 Å². The molecule has 0 aliphatic rings. The summed E-state index contributed by atoms with van der Waals surface area (Å²) in [5, 5.41) is 2.74. The molecule has 1 atom stereocenters. The summed E-state index contributed by atoms with van der Waals surface area (Å²) >= 11 is 0. The molecule has 1 aromatic heterocycles. The summed E-state index contributed by atoms with van der Waals surface area (Å²) < 4.78 is 18.7. The van der Waals surface area contributed by atoms with Crippen molar-refractivity contribution in [3.05, 3.63) is 76.5 Å². The Morgan fingerprint density at radius 2 is 1.96 bits per heavy atom. The molecule has 3 aromatic rings. The van der Waals surface area contributed by atoms with E-state index in [4.69, 9.17) is 4.74 Å². The lowest BCUT2D eigenvalue weighted by atomic mass is 10.1. The Bertz CT molecular complexity index is 1030.